The first-order chi connectivity index (χ1) is 6.74. The maximum Gasteiger partial charge on any atom is 0.222 e. The van der Waals surface area contributed by atoms with Gasteiger partial charge in [0.1, 0.15) is 0 Å². The van der Waals surface area contributed by atoms with Crippen molar-refractivity contribution in [1.82, 2.24) is 9.80 Å². The van der Waals surface area contributed by atoms with E-state index in [0.717, 1.165) is 39.0 Å². The molecular weight excluding hydrogens is 176 g/mol. The van der Waals surface area contributed by atoms with E-state index in [9.17, 15) is 4.79 Å². The molecule has 1 fully saturated rings. The Kier molecular flexibility index (Phi) is 4.66. The first-order valence-electron chi connectivity index (χ1n) is 5.31. The van der Waals surface area contributed by atoms with Crippen LogP contribution in [0.15, 0.2) is 12.7 Å². The van der Waals surface area contributed by atoms with Crippen LogP contribution in [0.3, 0.4) is 0 Å². The zero-order valence-corrected chi connectivity index (χ0v) is 9.04. The van der Waals surface area contributed by atoms with Crippen molar-refractivity contribution in [1.29, 1.82) is 0 Å². The summed E-state index contributed by atoms with van der Waals surface area (Å²) in [6.07, 6.45) is 4.43. The van der Waals surface area contributed by atoms with Gasteiger partial charge < -0.3 is 9.80 Å². The van der Waals surface area contributed by atoms with Crippen LogP contribution in [0, 0.1) is 0 Å². The molecule has 1 amide bonds. The molecule has 3 heteroatoms. The Morgan fingerprint density at radius 3 is 2.57 bits per heavy atom. The highest BCUT2D eigenvalue weighted by Gasteiger charge is 2.17. The molecule has 0 atom stereocenters. The molecule has 1 saturated heterocycles. The van der Waals surface area contributed by atoms with Gasteiger partial charge in [-0.05, 0) is 19.9 Å². The molecule has 0 aliphatic carbocycles. The van der Waals surface area contributed by atoms with E-state index in [-0.39, 0.29) is 0 Å². The number of carbonyl (C=O) groups excluding carboxylic acids is 1. The Bertz CT molecular complexity index is 195. The fourth-order valence-electron chi connectivity index (χ4n) is 1.61. The smallest absolute Gasteiger partial charge is 0.222 e. The molecule has 1 aliphatic rings. The van der Waals surface area contributed by atoms with Gasteiger partial charge >= 0.3 is 0 Å². The van der Waals surface area contributed by atoms with E-state index >= 15 is 0 Å². The van der Waals surface area contributed by atoms with Crippen LogP contribution in [0.5, 0.6) is 0 Å². The molecule has 0 N–H and O–H groups in total. The number of rotatable bonds is 4. The Balaban J connectivity index is 2.20. The van der Waals surface area contributed by atoms with Gasteiger partial charge in [0, 0.05) is 32.6 Å². The summed E-state index contributed by atoms with van der Waals surface area (Å²) in [5.74, 6) is 0.306. The molecule has 0 aromatic rings. The van der Waals surface area contributed by atoms with E-state index in [2.05, 4.69) is 18.5 Å². The molecule has 0 bridgehead atoms. The highest BCUT2D eigenvalue weighted by atomic mass is 16.2. The average Bonchev–Trinajstić information content (AvgIpc) is 2.19. The largest absolute Gasteiger partial charge is 0.340 e. The molecule has 0 radical (unpaired) electrons. The lowest BCUT2D eigenvalue weighted by atomic mass is 10.2. The van der Waals surface area contributed by atoms with Crippen LogP contribution in [0.25, 0.3) is 0 Å². The van der Waals surface area contributed by atoms with Gasteiger partial charge in [-0.2, -0.15) is 0 Å². The molecule has 0 aromatic heterocycles. The number of piperazine rings is 1. The van der Waals surface area contributed by atoms with Crippen LogP contribution >= 0.6 is 0 Å². The quantitative estimate of drug-likeness (QED) is 0.497. The van der Waals surface area contributed by atoms with Crippen LogP contribution in [0.2, 0.25) is 0 Å². The van der Waals surface area contributed by atoms with Crippen molar-refractivity contribution in [3.63, 3.8) is 0 Å². The lowest BCUT2D eigenvalue weighted by molar-refractivity contribution is -0.132. The predicted molar refractivity (Wildman–Crippen MR) is 58.1 cm³/mol. The second kappa shape index (κ2) is 5.81. The molecule has 14 heavy (non-hydrogen) atoms. The van der Waals surface area contributed by atoms with Crippen molar-refractivity contribution in [2.75, 3.05) is 33.2 Å². The van der Waals surface area contributed by atoms with E-state index in [1.807, 2.05) is 11.0 Å². The minimum absolute atomic E-state index is 0.306. The lowest BCUT2D eigenvalue weighted by Crippen LogP contribution is -2.47. The predicted octanol–water partition coefficient (Wildman–Crippen LogP) is 1.12. The zero-order chi connectivity index (χ0) is 10.4. The van der Waals surface area contributed by atoms with Crippen LogP contribution in [0.4, 0.5) is 0 Å². The summed E-state index contributed by atoms with van der Waals surface area (Å²) < 4.78 is 0. The fourth-order valence-corrected chi connectivity index (χ4v) is 1.61. The van der Waals surface area contributed by atoms with Crippen molar-refractivity contribution in [2.24, 2.45) is 0 Å². The summed E-state index contributed by atoms with van der Waals surface area (Å²) in [5, 5.41) is 0. The summed E-state index contributed by atoms with van der Waals surface area (Å²) >= 11 is 0. The van der Waals surface area contributed by atoms with Crippen LogP contribution in [-0.2, 0) is 4.79 Å². The fraction of sp³-hybridized carbons (Fsp3) is 0.727. The van der Waals surface area contributed by atoms with Crippen molar-refractivity contribution >= 4 is 5.91 Å². The van der Waals surface area contributed by atoms with E-state index in [1.165, 1.54) is 0 Å². The number of unbranched alkanes of at least 4 members (excludes halogenated alkanes) is 1. The Morgan fingerprint density at radius 1 is 1.36 bits per heavy atom. The van der Waals surface area contributed by atoms with Gasteiger partial charge in [-0.3, -0.25) is 4.79 Å². The third kappa shape index (κ3) is 3.50. The third-order valence-corrected chi connectivity index (χ3v) is 2.65. The van der Waals surface area contributed by atoms with E-state index in [4.69, 9.17) is 0 Å². The van der Waals surface area contributed by atoms with Crippen molar-refractivity contribution in [3.05, 3.63) is 12.7 Å². The van der Waals surface area contributed by atoms with Gasteiger partial charge in [0.05, 0.1) is 0 Å². The number of nitrogens with zero attached hydrogens (tertiary/aromatic N) is 2. The minimum Gasteiger partial charge on any atom is -0.340 e. The van der Waals surface area contributed by atoms with Crippen molar-refractivity contribution in [3.8, 4) is 0 Å². The average molecular weight is 196 g/mol. The second-order valence-corrected chi connectivity index (χ2v) is 3.86. The number of hydrogen-bond donors (Lipinski definition) is 0. The summed E-state index contributed by atoms with van der Waals surface area (Å²) in [6.45, 7) is 7.45. The number of amides is 1. The van der Waals surface area contributed by atoms with Crippen molar-refractivity contribution in [2.45, 2.75) is 19.3 Å². The van der Waals surface area contributed by atoms with Gasteiger partial charge in [-0.15, -0.1) is 6.58 Å². The molecule has 3 nitrogen and oxygen atoms in total. The SMILES string of the molecule is C=CCCCC(=O)N1CCN(C)CC1. The molecule has 0 aromatic carbocycles. The van der Waals surface area contributed by atoms with Gasteiger partial charge in [0.15, 0.2) is 0 Å². The molecule has 0 unspecified atom stereocenters. The lowest BCUT2D eigenvalue weighted by Gasteiger charge is -2.32. The van der Waals surface area contributed by atoms with E-state index in [0.29, 0.717) is 12.3 Å². The highest BCUT2D eigenvalue weighted by Crippen LogP contribution is 2.05. The van der Waals surface area contributed by atoms with Crippen LogP contribution < -0.4 is 0 Å². The highest BCUT2D eigenvalue weighted by molar-refractivity contribution is 5.76. The van der Waals surface area contributed by atoms with Crippen molar-refractivity contribution < 1.29 is 4.79 Å². The topological polar surface area (TPSA) is 23.6 Å². The standard InChI is InChI=1S/C11H20N2O/c1-3-4-5-6-11(14)13-9-7-12(2)8-10-13/h3H,1,4-10H2,2H3. The van der Waals surface area contributed by atoms with E-state index in [1.54, 1.807) is 0 Å². The second-order valence-electron chi connectivity index (χ2n) is 3.86. The number of allylic oxidation sites excluding steroid dienone is 1. The first-order valence-corrected chi connectivity index (χ1v) is 5.31. The molecule has 1 heterocycles. The summed E-state index contributed by atoms with van der Waals surface area (Å²) in [4.78, 5) is 15.9. The molecule has 1 rings (SSSR count). The monoisotopic (exact) mass is 196 g/mol. The Labute approximate surface area is 86.4 Å². The van der Waals surface area contributed by atoms with Crippen LogP contribution in [-0.4, -0.2) is 48.9 Å². The Hall–Kier alpha value is -0.830. The van der Waals surface area contributed by atoms with Gasteiger partial charge in [0.2, 0.25) is 5.91 Å². The number of carbonyl (C=O) groups is 1. The summed E-state index contributed by atoms with van der Waals surface area (Å²) in [6, 6.07) is 0. The molecule has 80 valence electrons. The Morgan fingerprint density at radius 2 is 2.00 bits per heavy atom. The van der Waals surface area contributed by atoms with E-state index < -0.39 is 0 Å². The van der Waals surface area contributed by atoms with Gasteiger partial charge in [0.25, 0.3) is 0 Å². The maximum atomic E-state index is 11.7. The van der Waals surface area contributed by atoms with Crippen LogP contribution in [0.1, 0.15) is 19.3 Å². The molecular formula is C11H20N2O. The minimum atomic E-state index is 0.306. The normalized spacial score (nSPS) is 18.2. The molecule has 0 saturated carbocycles. The number of hydrogen-bond acceptors (Lipinski definition) is 2. The van der Waals surface area contributed by atoms with Gasteiger partial charge in [-0.25, -0.2) is 0 Å². The maximum absolute atomic E-state index is 11.7. The summed E-state index contributed by atoms with van der Waals surface area (Å²) in [7, 11) is 2.10. The first kappa shape index (κ1) is 11.2. The summed E-state index contributed by atoms with van der Waals surface area (Å²) in [5.41, 5.74) is 0. The third-order valence-electron chi connectivity index (χ3n) is 2.65. The molecule has 1 aliphatic heterocycles. The zero-order valence-electron chi connectivity index (χ0n) is 9.04. The number of likely N-dealkylation sites (N-methyl/N-ethyl adjacent to an activating group) is 1. The van der Waals surface area contributed by atoms with Gasteiger partial charge in [-0.1, -0.05) is 6.08 Å². The molecule has 0 spiro atoms.